The zero-order chi connectivity index (χ0) is 16.2. The lowest BCUT2D eigenvalue weighted by Gasteiger charge is -2.35. The van der Waals surface area contributed by atoms with Crippen LogP contribution in [-0.2, 0) is 5.41 Å². The Morgan fingerprint density at radius 3 is 2.55 bits per heavy atom. The van der Waals surface area contributed by atoms with E-state index in [1.807, 2.05) is 18.2 Å². The van der Waals surface area contributed by atoms with Crippen LogP contribution in [0.5, 0.6) is 0 Å². The summed E-state index contributed by atoms with van der Waals surface area (Å²) in [5.74, 6) is -0.164. The maximum Gasteiger partial charge on any atom is 0.253 e. The SMILES string of the molecule is CC[C@H](NC(=O)c1ccncc1Cl)C(C)(C)c1ccccc1. The lowest BCUT2D eigenvalue weighted by atomic mass is 9.76. The summed E-state index contributed by atoms with van der Waals surface area (Å²) < 4.78 is 0. The van der Waals surface area contributed by atoms with Gasteiger partial charge in [-0.05, 0) is 18.1 Å². The van der Waals surface area contributed by atoms with Gasteiger partial charge in [-0.1, -0.05) is 62.7 Å². The van der Waals surface area contributed by atoms with Gasteiger partial charge in [0.15, 0.2) is 0 Å². The highest BCUT2D eigenvalue weighted by atomic mass is 35.5. The smallest absolute Gasteiger partial charge is 0.253 e. The second-order valence-corrected chi connectivity index (χ2v) is 6.28. The number of aromatic nitrogens is 1. The summed E-state index contributed by atoms with van der Waals surface area (Å²) in [5.41, 5.74) is 1.48. The molecule has 2 aromatic rings. The van der Waals surface area contributed by atoms with Crippen molar-refractivity contribution in [2.45, 2.75) is 38.6 Å². The minimum atomic E-state index is -0.175. The first-order valence-electron chi connectivity index (χ1n) is 7.42. The van der Waals surface area contributed by atoms with Gasteiger partial charge >= 0.3 is 0 Å². The zero-order valence-corrected chi connectivity index (χ0v) is 13.9. The van der Waals surface area contributed by atoms with Crippen molar-refractivity contribution in [3.63, 3.8) is 0 Å². The number of nitrogens with zero attached hydrogens (tertiary/aromatic N) is 1. The highest BCUT2D eigenvalue weighted by molar-refractivity contribution is 6.33. The molecule has 0 aliphatic carbocycles. The molecule has 0 aliphatic heterocycles. The predicted molar refractivity (Wildman–Crippen MR) is 90.3 cm³/mol. The number of hydrogen-bond donors (Lipinski definition) is 1. The fourth-order valence-corrected chi connectivity index (χ4v) is 2.86. The van der Waals surface area contributed by atoms with Crippen molar-refractivity contribution in [1.82, 2.24) is 10.3 Å². The summed E-state index contributed by atoms with van der Waals surface area (Å²) in [6.45, 7) is 6.36. The molecule has 0 unspecified atom stereocenters. The first-order valence-corrected chi connectivity index (χ1v) is 7.80. The molecule has 0 saturated carbocycles. The third kappa shape index (κ3) is 3.47. The average molecular weight is 317 g/mol. The summed E-state index contributed by atoms with van der Waals surface area (Å²) in [6.07, 6.45) is 3.89. The van der Waals surface area contributed by atoms with Crippen molar-refractivity contribution in [3.05, 3.63) is 64.9 Å². The molecule has 22 heavy (non-hydrogen) atoms. The maximum absolute atomic E-state index is 12.5. The number of halogens is 1. The molecule has 1 N–H and O–H groups in total. The standard InChI is InChI=1S/C18H21ClN2O/c1-4-16(18(2,3)13-8-6-5-7-9-13)21-17(22)14-10-11-20-12-15(14)19/h5-12,16H,4H2,1-3H3,(H,21,22)/t16-/m0/s1. The lowest BCUT2D eigenvalue weighted by molar-refractivity contribution is 0.0916. The van der Waals surface area contributed by atoms with E-state index in [2.05, 4.69) is 43.2 Å². The normalized spacial score (nSPS) is 12.7. The summed E-state index contributed by atoms with van der Waals surface area (Å²) in [7, 11) is 0. The molecule has 1 aromatic carbocycles. The molecular weight excluding hydrogens is 296 g/mol. The third-order valence-electron chi connectivity index (χ3n) is 4.12. The molecule has 4 heteroatoms. The van der Waals surface area contributed by atoms with Crippen LogP contribution in [0.2, 0.25) is 5.02 Å². The minimum absolute atomic E-state index is 0.00614. The van der Waals surface area contributed by atoms with Crippen molar-refractivity contribution in [2.24, 2.45) is 0 Å². The lowest BCUT2D eigenvalue weighted by Crippen LogP contribution is -2.47. The van der Waals surface area contributed by atoms with E-state index in [-0.39, 0.29) is 17.4 Å². The number of carbonyl (C=O) groups is 1. The third-order valence-corrected chi connectivity index (χ3v) is 4.42. The number of nitrogens with one attached hydrogen (secondary N) is 1. The van der Waals surface area contributed by atoms with Crippen molar-refractivity contribution in [2.75, 3.05) is 0 Å². The van der Waals surface area contributed by atoms with E-state index in [0.29, 0.717) is 10.6 Å². The van der Waals surface area contributed by atoms with E-state index in [1.165, 1.54) is 11.8 Å². The minimum Gasteiger partial charge on any atom is -0.348 e. The van der Waals surface area contributed by atoms with Crippen molar-refractivity contribution >= 4 is 17.5 Å². The van der Waals surface area contributed by atoms with E-state index >= 15 is 0 Å². The van der Waals surface area contributed by atoms with Crippen LogP contribution in [-0.4, -0.2) is 16.9 Å². The highest BCUT2D eigenvalue weighted by Gasteiger charge is 2.31. The second-order valence-electron chi connectivity index (χ2n) is 5.88. The molecule has 1 atom stereocenters. The first kappa shape index (κ1) is 16.5. The molecule has 1 amide bonds. The van der Waals surface area contributed by atoms with E-state index in [4.69, 9.17) is 11.6 Å². The number of carbonyl (C=O) groups excluding carboxylic acids is 1. The quantitative estimate of drug-likeness (QED) is 0.897. The summed E-state index contributed by atoms with van der Waals surface area (Å²) in [5, 5.41) is 3.48. The number of hydrogen-bond acceptors (Lipinski definition) is 2. The topological polar surface area (TPSA) is 42.0 Å². The zero-order valence-electron chi connectivity index (χ0n) is 13.1. The molecule has 0 bridgehead atoms. The van der Waals surface area contributed by atoms with Gasteiger partial charge < -0.3 is 5.32 Å². The van der Waals surface area contributed by atoms with Gasteiger partial charge in [-0.25, -0.2) is 0 Å². The van der Waals surface area contributed by atoms with Crippen LogP contribution in [0.3, 0.4) is 0 Å². The molecule has 1 aromatic heterocycles. The Morgan fingerprint density at radius 2 is 1.95 bits per heavy atom. The van der Waals surface area contributed by atoms with Crippen LogP contribution < -0.4 is 5.32 Å². The molecule has 0 spiro atoms. The average Bonchev–Trinajstić information content (AvgIpc) is 2.53. The Kier molecular flexibility index (Phi) is 5.19. The van der Waals surface area contributed by atoms with Gasteiger partial charge in [0.1, 0.15) is 0 Å². The first-order chi connectivity index (χ1) is 10.5. The van der Waals surface area contributed by atoms with Crippen molar-refractivity contribution in [3.8, 4) is 0 Å². The van der Waals surface area contributed by atoms with Gasteiger partial charge in [-0.15, -0.1) is 0 Å². The van der Waals surface area contributed by atoms with Gasteiger partial charge in [0.2, 0.25) is 0 Å². The fourth-order valence-electron chi connectivity index (χ4n) is 2.66. The summed E-state index contributed by atoms with van der Waals surface area (Å²) >= 11 is 6.05. The van der Waals surface area contributed by atoms with Gasteiger partial charge in [-0.2, -0.15) is 0 Å². The Hall–Kier alpha value is -1.87. The van der Waals surface area contributed by atoms with Crippen molar-refractivity contribution < 1.29 is 4.79 Å². The Bertz CT molecular complexity index is 641. The Balaban J connectivity index is 2.22. The van der Waals surface area contributed by atoms with Crippen LogP contribution in [0.15, 0.2) is 48.8 Å². The number of rotatable bonds is 5. The number of pyridine rings is 1. The maximum atomic E-state index is 12.5. The Morgan fingerprint density at radius 1 is 1.27 bits per heavy atom. The molecule has 3 nitrogen and oxygen atoms in total. The number of amides is 1. The molecular formula is C18H21ClN2O. The predicted octanol–water partition coefficient (Wildman–Crippen LogP) is 4.22. The second kappa shape index (κ2) is 6.93. The van der Waals surface area contributed by atoms with Gasteiger partial charge in [-0.3, -0.25) is 9.78 Å². The molecule has 0 radical (unpaired) electrons. The van der Waals surface area contributed by atoms with E-state index in [9.17, 15) is 4.79 Å². The molecule has 116 valence electrons. The van der Waals surface area contributed by atoms with Crippen LogP contribution in [0.25, 0.3) is 0 Å². The van der Waals surface area contributed by atoms with Crippen LogP contribution in [0.1, 0.15) is 43.1 Å². The summed E-state index contributed by atoms with van der Waals surface area (Å²) in [4.78, 5) is 16.4. The highest BCUT2D eigenvalue weighted by Crippen LogP contribution is 2.29. The van der Waals surface area contributed by atoms with Crippen molar-refractivity contribution in [1.29, 1.82) is 0 Å². The fraction of sp³-hybridized carbons (Fsp3) is 0.333. The van der Waals surface area contributed by atoms with Gasteiger partial charge in [0.25, 0.3) is 5.91 Å². The monoisotopic (exact) mass is 316 g/mol. The van der Waals surface area contributed by atoms with Gasteiger partial charge in [0.05, 0.1) is 10.6 Å². The Labute approximate surface area is 136 Å². The van der Waals surface area contributed by atoms with E-state index in [0.717, 1.165) is 6.42 Å². The molecule has 0 saturated heterocycles. The van der Waals surface area contributed by atoms with E-state index < -0.39 is 0 Å². The summed E-state index contributed by atoms with van der Waals surface area (Å²) in [6, 6.07) is 11.9. The molecule has 2 rings (SSSR count). The number of benzene rings is 1. The van der Waals surface area contributed by atoms with E-state index in [1.54, 1.807) is 12.3 Å². The van der Waals surface area contributed by atoms with Crippen LogP contribution >= 0.6 is 11.6 Å². The molecule has 1 heterocycles. The molecule has 0 aliphatic rings. The van der Waals surface area contributed by atoms with Crippen LogP contribution in [0.4, 0.5) is 0 Å². The largest absolute Gasteiger partial charge is 0.348 e. The van der Waals surface area contributed by atoms with Gasteiger partial charge in [0, 0.05) is 23.9 Å². The molecule has 0 fully saturated rings. The van der Waals surface area contributed by atoms with Crippen LogP contribution in [0, 0.1) is 0 Å².